The van der Waals surface area contributed by atoms with Gasteiger partial charge in [-0.3, -0.25) is 4.99 Å². The van der Waals surface area contributed by atoms with Crippen molar-refractivity contribution in [1.29, 1.82) is 0 Å². The van der Waals surface area contributed by atoms with Gasteiger partial charge in [0.15, 0.2) is 5.96 Å². The molecule has 23 heavy (non-hydrogen) atoms. The lowest BCUT2D eigenvalue weighted by Crippen LogP contribution is -2.23. The molecule has 118 valence electrons. The number of nitrogens with two attached hydrogens (primary N) is 1. The van der Waals surface area contributed by atoms with Gasteiger partial charge >= 0.3 is 0 Å². The number of nitrogens with zero attached hydrogens (tertiary/aromatic N) is 1. The fraction of sp³-hybridized carbons (Fsp3) is 0.167. The summed E-state index contributed by atoms with van der Waals surface area (Å²) in [5, 5.41) is 4.15. The highest BCUT2D eigenvalue weighted by Gasteiger charge is 2.04. The number of para-hydroxylation sites is 3. The third kappa shape index (κ3) is 3.63. The van der Waals surface area contributed by atoms with Crippen LogP contribution >= 0.6 is 0 Å². The topological polar surface area (TPSA) is 72.8 Å². The summed E-state index contributed by atoms with van der Waals surface area (Å²) in [6.45, 7) is 0.549. The Balaban J connectivity index is 1.61. The number of rotatable bonds is 5. The van der Waals surface area contributed by atoms with Crippen LogP contribution < -0.4 is 15.8 Å². The first-order valence-electron chi connectivity index (χ1n) is 7.43. The maximum Gasteiger partial charge on any atom is 0.193 e. The van der Waals surface area contributed by atoms with Crippen molar-refractivity contribution in [2.75, 3.05) is 19.0 Å². The van der Waals surface area contributed by atoms with Gasteiger partial charge in [0.1, 0.15) is 17.1 Å². The average Bonchev–Trinajstić information content (AvgIpc) is 2.98. The molecule has 0 bridgehead atoms. The Hall–Kier alpha value is -2.95. The Kier molecular flexibility index (Phi) is 4.47. The molecule has 0 radical (unpaired) electrons. The molecule has 3 aromatic rings. The molecule has 1 aromatic heterocycles. The quantitative estimate of drug-likeness (QED) is 0.559. The smallest absolute Gasteiger partial charge is 0.193 e. The molecular weight excluding hydrogens is 290 g/mol. The van der Waals surface area contributed by atoms with Crippen molar-refractivity contribution in [1.82, 2.24) is 0 Å². The number of nitrogens with one attached hydrogen (secondary N) is 1. The summed E-state index contributed by atoms with van der Waals surface area (Å²) in [7, 11) is 1.62. The summed E-state index contributed by atoms with van der Waals surface area (Å²) in [6, 6.07) is 17.5. The summed E-state index contributed by atoms with van der Waals surface area (Å²) < 4.78 is 11.0. The van der Waals surface area contributed by atoms with Crippen LogP contribution in [0, 0.1) is 0 Å². The van der Waals surface area contributed by atoms with Crippen LogP contribution in [0.15, 0.2) is 64.0 Å². The van der Waals surface area contributed by atoms with E-state index in [9.17, 15) is 0 Å². The molecule has 0 amide bonds. The van der Waals surface area contributed by atoms with E-state index in [1.54, 1.807) is 7.11 Å². The SMILES string of the molecule is COc1ccccc1NC(N)=NCCc1cc2ccccc2o1. The lowest BCUT2D eigenvalue weighted by Gasteiger charge is -2.09. The lowest BCUT2D eigenvalue weighted by atomic mass is 10.2. The maximum absolute atomic E-state index is 5.92. The number of aliphatic imine (C=N–C) groups is 1. The summed E-state index contributed by atoms with van der Waals surface area (Å²) in [5.74, 6) is 1.98. The molecule has 1 heterocycles. The summed E-state index contributed by atoms with van der Waals surface area (Å²) in [5.41, 5.74) is 7.61. The van der Waals surface area contributed by atoms with E-state index in [2.05, 4.69) is 10.3 Å². The summed E-state index contributed by atoms with van der Waals surface area (Å²) >= 11 is 0. The largest absolute Gasteiger partial charge is 0.495 e. The molecule has 0 saturated carbocycles. The minimum absolute atomic E-state index is 0.352. The Morgan fingerprint density at radius 2 is 1.96 bits per heavy atom. The van der Waals surface area contributed by atoms with Crippen LogP contribution in [0.4, 0.5) is 5.69 Å². The number of methoxy groups -OCH3 is 1. The monoisotopic (exact) mass is 309 g/mol. The van der Waals surface area contributed by atoms with Gasteiger partial charge < -0.3 is 20.2 Å². The Morgan fingerprint density at radius 3 is 2.78 bits per heavy atom. The number of anilines is 1. The van der Waals surface area contributed by atoms with Crippen molar-refractivity contribution in [2.45, 2.75) is 6.42 Å². The zero-order valence-corrected chi connectivity index (χ0v) is 13.0. The molecule has 0 aliphatic heterocycles. The van der Waals surface area contributed by atoms with Crippen LogP contribution in [0.1, 0.15) is 5.76 Å². The number of fused-ring (bicyclic) bond motifs is 1. The van der Waals surface area contributed by atoms with Gasteiger partial charge in [0.2, 0.25) is 0 Å². The zero-order chi connectivity index (χ0) is 16.1. The van der Waals surface area contributed by atoms with Crippen LogP contribution in [0.2, 0.25) is 0 Å². The van der Waals surface area contributed by atoms with E-state index < -0.39 is 0 Å². The lowest BCUT2D eigenvalue weighted by molar-refractivity contribution is 0.417. The number of ether oxygens (including phenoxy) is 1. The van der Waals surface area contributed by atoms with Crippen molar-refractivity contribution < 1.29 is 9.15 Å². The predicted octanol–water partition coefficient (Wildman–Crippen LogP) is 3.41. The highest BCUT2D eigenvalue weighted by molar-refractivity contribution is 5.93. The number of hydrogen-bond acceptors (Lipinski definition) is 3. The highest BCUT2D eigenvalue weighted by Crippen LogP contribution is 2.22. The first-order valence-corrected chi connectivity index (χ1v) is 7.43. The van der Waals surface area contributed by atoms with Crippen LogP contribution in [-0.2, 0) is 6.42 Å². The second kappa shape index (κ2) is 6.87. The second-order valence-electron chi connectivity index (χ2n) is 5.09. The number of guanidine groups is 1. The first-order chi connectivity index (χ1) is 11.3. The molecule has 0 unspecified atom stereocenters. The second-order valence-corrected chi connectivity index (χ2v) is 5.09. The Bertz CT molecular complexity index is 791. The van der Waals surface area contributed by atoms with E-state index in [1.807, 2.05) is 54.6 Å². The van der Waals surface area contributed by atoms with Crippen LogP contribution in [-0.4, -0.2) is 19.6 Å². The van der Waals surface area contributed by atoms with Crippen molar-refractivity contribution in [3.05, 3.63) is 60.4 Å². The molecule has 5 nitrogen and oxygen atoms in total. The van der Waals surface area contributed by atoms with Crippen LogP contribution in [0.25, 0.3) is 11.0 Å². The van der Waals surface area contributed by atoms with Crippen molar-refractivity contribution in [3.63, 3.8) is 0 Å². The molecular formula is C18H19N3O2. The van der Waals surface area contributed by atoms with E-state index in [1.165, 1.54) is 0 Å². The van der Waals surface area contributed by atoms with Crippen molar-refractivity contribution in [2.24, 2.45) is 10.7 Å². The number of hydrogen-bond donors (Lipinski definition) is 2. The fourth-order valence-electron chi connectivity index (χ4n) is 2.37. The molecule has 0 aliphatic rings. The molecule has 0 spiro atoms. The van der Waals surface area contributed by atoms with E-state index in [-0.39, 0.29) is 0 Å². The minimum Gasteiger partial charge on any atom is -0.495 e. The van der Waals surface area contributed by atoms with E-state index in [0.29, 0.717) is 18.9 Å². The minimum atomic E-state index is 0.352. The average molecular weight is 309 g/mol. The van der Waals surface area contributed by atoms with Crippen LogP contribution in [0.3, 0.4) is 0 Å². The Morgan fingerprint density at radius 1 is 1.17 bits per heavy atom. The third-order valence-electron chi connectivity index (χ3n) is 3.49. The van der Waals surface area contributed by atoms with Gasteiger partial charge in [-0.1, -0.05) is 30.3 Å². The molecule has 3 N–H and O–H groups in total. The van der Waals surface area contributed by atoms with Gasteiger partial charge in [-0.25, -0.2) is 0 Å². The predicted molar refractivity (Wildman–Crippen MR) is 93.0 cm³/mol. The standard InChI is InChI=1S/C18H19N3O2/c1-22-17-9-5-3-7-15(17)21-18(19)20-11-10-14-12-13-6-2-4-8-16(13)23-14/h2-9,12H,10-11H2,1H3,(H3,19,20,21). The summed E-state index contributed by atoms with van der Waals surface area (Å²) in [6.07, 6.45) is 0.697. The normalized spacial score (nSPS) is 11.6. The van der Waals surface area contributed by atoms with Gasteiger partial charge in [-0.2, -0.15) is 0 Å². The van der Waals surface area contributed by atoms with Gasteiger partial charge in [-0.05, 0) is 24.3 Å². The van der Waals surface area contributed by atoms with E-state index in [4.69, 9.17) is 14.9 Å². The van der Waals surface area contributed by atoms with Crippen LogP contribution in [0.5, 0.6) is 5.75 Å². The summed E-state index contributed by atoms with van der Waals surface area (Å²) in [4.78, 5) is 4.33. The molecule has 0 aliphatic carbocycles. The number of benzene rings is 2. The van der Waals surface area contributed by atoms with E-state index in [0.717, 1.165) is 28.2 Å². The van der Waals surface area contributed by atoms with Gasteiger partial charge in [-0.15, -0.1) is 0 Å². The maximum atomic E-state index is 5.92. The number of furan rings is 1. The molecule has 2 aromatic carbocycles. The van der Waals surface area contributed by atoms with E-state index >= 15 is 0 Å². The molecule has 0 saturated heterocycles. The molecule has 3 rings (SSSR count). The Labute approximate surface area is 134 Å². The fourth-order valence-corrected chi connectivity index (χ4v) is 2.37. The molecule has 0 atom stereocenters. The molecule has 0 fully saturated rings. The molecule has 5 heteroatoms. The van der Waals surface area contributed by atoms with Crippen molar-refractivity contribution in [3.8, 4) is 5.75 Å². The highest BCUT2D eigenvalue weighted by atomic mass is 16.5. The van der Waals surface area contributed by atoms with Crippen molar-refractivity contribution >= 4 is 22.6 Å². The van der Waals surface area contributed by atoms with Gasteiger partial charge in [0, 0.05) is 18.4 Å². The third-order valence-corrected chi connectivity index (χ3v) is 3.49. The van der Waals surface area contributed by atoms with Gasteiger partial charge in [0.25, 0.3) is 0 Å². The first kappa shape index (κ1) is 15.0. The van der Waals surface area contributed by atoms with Gasteiger partial charge in [0.05, 0.1) is 12.8 Å². The zero-order valence-electron chi connectivity index (χ0n) is 13.0.